The number of aromatic nitrogens is 1. The first kappa shape index (κ1) is 10.1. The summed E-state index contributed by atoms with van der Waals surface area (Å²) in [5.74, 6) is 0.539. The molecule has 1 N–H and O–H groups in total. The number of pyridine rings is 1. The van der Waals surface area contributed by atoms with E-state index in [0.29, 0.717) is 11.5 Å². The Morgan fingerprint density at radius 1 is 1.69 bits per heavy atom. The van der Waals surface area contributed by atoms with Gasteiger partial charge in [0.25, 0.3) is 0 Å². The minimum Gasteiger partial charge on any atom is -0.411 e. The van der Waals surface area contributed by atoms with Crippen molar-refractivity contribution in [3.8, 4) is 0 Å². The molecule has 0 saturated carbocycles. The molecule has 0 fully saturated rings. The molecule has 5 heteroatoms. The number of hydrogen-bond donors (Lipinski definition) is 1. The number of nitrogens with zero attached hydrogens (tertiary/aromatic N) is 2. The molecule has 0 spiro atoms. The fourth-order valence-electron chi connectivity index (χ4n) is 0.667. The van der Waals surface area contributed by atoms with Crippen LogP contribution >= 0.6 is 24.0 Å². The average molecular weight is 212 g/mol. The highest BCUT2D eigenvalue weighted by molar-refractivity contribution is 8.00. The first-order valence-electron chi connectivity index (χ1n) is 3.56. The predicted octanol–water partition coefficient (Wildman–Crippen LogP) is 2.00. The summed E-state index contributed by atoms with van der Waals surface area (Å²) in [6, 6.07) is 5.65. The Kier molecular flexibility index (Phi) is 4.42. The second-order valence-electron chi connectivity index (χ2n) is 2.17. The molecule has 3 nitrogen and oxygen atoms in total. The molecule has 1 rings (SSSR count). The van der Waals surface area contributed by atoms with E-state index in [0.717, 1.165) is 5.03 Å². The van der Waals surface area contributed by atoms with Crippen molar-refractivity contribution in [2.24, 2.45) is 5.16 Å². The third-order valence-corrected chi connectivity index (χ3v) is 2.52. The van der Waals surface area contributed by atoms with Crippen LogP contribution < -0.4 is 0 Å². The highest BCUT2D eigenvalue weighted by Crippen LogP contribution is 2.13. The van der Waals surface area contributed by atoms with Gasteiger partial charge in [0.15, 0.2) is 0 Å². The molecule has 68 valence electrons. The normalized spacial score (nSPS) is 11.2. The zero-order valence-electron chi connectivity index (χ0n) is 6.75. The molecule has 0 bridgehead atoms. The van der Waals surface area contributed by atoms with Gasteiger partial charge >= 0.3 is 0 Å². The molecular weight excluding hydrogens is 204 g/mol. The summed E-state index contributed by atoms with van der Waals surface area (Å²) >= 11 is 6.12. The average Bonchev–Trinajstić information content (AvgIpc) is 2.21. The second-order valence-corrected chi connectivity index (χ2v) is 3.40. The van der Waals surface area contributed by atoms with Gasteiger partial charge in [-0.1, -0.05) is 35.2 Å². The van der Waals surface area contributed by atoms with Gasteiger partial charge in [-0.25, -0.2) is 4.98 Å². The predicted molar refractivity (Wildman–Crippen MR) is 57.8 cm³/mol. The van der Waals surface area contributed by atoms with Crippen molar-refractivity contribution in [1.82, 2.24) is 4.98 Å². The smallest absolute Gasteiger partial charge is 0.101 e. The van der Waals surface area contributed by atoms with Crippen LogP contribution in [0.15, 0.2) is 34.6 Å². The summed E-state index contributed by atoms with van der Waals surface area (Å²) in [4.78, 5) is 4.10. The van der Waals surface area contributed by atoms with Gasteiger partial charge in [-0.3, -0.25) is 0 Å². The van der Waals surface area contributed by atoms with Gasteiger partial charge in [-0.05, 0) is 12.1 Å². The van der Waals surface area contributed by atoms with Crippen molar-refractivity contribution in [3.63, 3.8) is 0 Å². The van der Waals surface area contributed by atoms with E-state index in [1.54, 1.807) is 6.20 Å². The Balaban J connectivity index is 2.48. The quantitative estimate of drug-likeness (QED) is 0.272. The minimum absolute atomic E-state index is 0.477. The summed E-state index contributed by atoms with van der Waals surface area (Å²) in [7, 11) is 0. The van der Waals surface area contributed by atoms with Gasteiger partial charge in [0.1, 0.15) is 5.71 Å². The lowest BCUT2D eigenvalue weighted by Gasteiger charge is -1.97. The van der Waals surface area contributed by atoms with E-state index in [-0.39, 0.29) is 0 Å². The van der Waals surface area contributed by atoms with Crippen molar-refractivity contribution < 1.29 is 5.21 Å². The van der Waals surface area contributed by atoms with Gasteiger partial charge in [-0.15, -0.1) is 0 Å². The van der Waals surface area contributed by atoms with E-state index in [2.05, 4.69) is 22.4 Å². The van der Waals surface area contributed by atoms with Crippen LogP contribution in [0.2, 0.25) is 0 Å². The lowest BCUT2D eigenvalue weighted by atomic mass is 10.5. The van der Waals surface area contributed by atoms with Crippen molar-refractivity contribution >= 4 is 35.1 Å². The third-order valence-electron chi connectivity index (χ3n) is 1.27. The van der Waals surface area contributed by atoms with Crippen molar-refractivity contribution in [2.75, 3.05) is 5.75 Å². The molecule has 0 unspecified atom stereocenters. The van der Waals surface area contributed by atoms with Crippen LogP contribution in [-0.2, 0) is 0 Å². The Morgan fingerprint density at radius 2 is 2.54 bits per heavy atom. The third kappa shape index (κ3) is 3.52. The molecule has 1 aromatic heterocycles. The van der Waals surface area contributed by atoms with Gasteiger partial charge in [0.05, 0.1) is 5.03 Å². The fraction of sp³-hybridized carbons (Fsp3) is 0.125. The largest absolute Gasteiger partial charge is 0.411 e. The summed E-state index contributed by atoms with van der Waals surface area (Å²) in [5, 5.41) is 13.7. The number of thiocarbonyl (C=S) groups is 1. The van der Waals surface area contributed by atoms with Crippen LogP contribution in [0, 0.1) is 0 Å². The molecule has 13 heavy (non-hydrogen) atoms. The van der Waals surface area contributed by atoms with Gasteiger partial charge < -0.3 is 5.21 Å². The molecule has 0 aliphatic rings. The fourth-order valence-corrected chi connectivity index (χ4v) is 1.65. The molecule has 0 aliphatic carbocycles. The molecule has 0 aromatic carbocycles. The van der Waals surface area contributed by atoms with Crippen LogP contribution in [0.4, 0.5) is 0 Å². The van der Waals surface area contributed by atoms with Crippen molar-refractivity contribution in [1.29, 1.82) is 0 Å². The molecule has 0 radical (unpaired) electrons. The zero-order chi connectivity index (χ0) is 9.52. The molecule has 1 aromatic rings. The van der Waals surface area contributed by atoms with Crippen LogP contribution in [0.5, 0.6) is 0 Å². The van der Waals surface area contributed by atoms with Gasteiger partial charge in [-0.2, -0.15) is 0 Å². The summed E-state index contributed by atoms with van der Waals surface area (Å²) in [5.41, 5.74) is 0.477. The van der Waals surface area contributed by atoms with E-state index in [1.165, 1.54) is 17.1 Å². The maximum Gasteiger partial charge on any atom is 0.101 e. The molecule has 1 heterocycles. The van der Waals surface area contributed by atoms with E-state index in [1.807, 2.05) is 18.2 Å². The van der Waals surface area contributed by atoms with Crippen LogP contribution in [0.1, 0.15) is 0 Å². The van der Waals surface area contributed by atoms with E-state index >= 15 is 0 Å². The van der Waals surface area contributed by atoms with E-state index < -0.39 is 0 Å². The molecule has 0 saturated heterocycles. The molecule has 0 amide bonds. The molecule has 0 aliphatic heterocycles. The first-order valence-corrected chi connectivity index (χ1v) is 5.02. The maximum atomic E-state index is 8.46. The van der Waals surface area contributed by atoms with Crippen molar-refractivity contribution in [3.05, 3.63) is 24.4 Å². The van der Waals surface area contributed by atoms with Gasteiger partial charge in [0.2, 0.25) is 0 Å². The van der Waals surface area contributed by atoms with E-state index in [4.69, 9.17) is 5.21 Å². The standard InChI is InChI=1S/C8H8N2OS2/c11-10-7(5-12)6-13-8-3-1-2-4-9-8/h1-5,11H,6H2. The van der Waals surface area contributed by atoms with Crippen molar-refractivity contribution in [2.45, 2.75) is 5.03 Å². The Morgan fingerprint density at radius 3 is 3.08 bits per heavy atom. The van der Waals surface area contributed by atoms with Crippen LogP contribution in [0.25, 0.3) is 0 Å². The summed E-state index contributed by atoms with van der Waals surface area (Å²) < 4.78 is 0. The lowest BCUT2D eigenvalue weighted by molar-refractivity contribution is 0.320. The first-order chi connectivity index (χ1) is 6.36. The number of oxime groups is 1. The monoisotopic (exact) mass is 212 g/mol. The number of rotatable bonds is 4. The van der Waals surface area contributed by atoms with E-state index in [9.17, 15) is 0 Å². The molecular formula is C8H8N2OS2. The maximum absolute atomic E-state index is 8.46. The minimum atomic E-state index is 0.477. The topological polar surface area (TPSA) is 45.5 Å². The Hall–Kier alpha value is -0.940. The Bertz CT molecular complexity index is 300. The lowest BCUT2D eigenvalue weighted by Crippen LogP contribution is -2.01. The zero-order valence-corrected chi connectivity index (χ0v) is 8.38. The number of thioether (sulfide) groups is 1. The van der Waals surface area contributed by atoms with Crippen LogP contribution in [-0.4, -0.2) is 27.0 Å². The highest BCUT2D eigenvalue weighted by Gasteiger charge is 1.98. The SMILES string of the molecule is ON=C(C=S)CSc1ccccn1. The Labute approximate surface area is 85.9 Å². The second kappa shape index (κ2) is 5.66. The molecule has 0 atom stereocenters. The van der Waals surface area contributed by atoms with Gasteiger partial charge in [0, 0.05) is 17.3 Å². The highest BCUT2D eigenvalue weighted by atomic mass is 32.2. The van der Waals surface area contributed by atoms with Crippen LogP contribution in [0.3, 0.4) is 0 Å². The number of hydrogen-bond acceptors (Lipinski definition) is 5. The summed E-state index contributed by atoms with van der Waals surface area (Å²) in [6.45, 7) is 0. The summed E-state index contributed by atoms with van der Waals surface area (Å²) in [6.07, 6.45) is 1.72.